The number of nitrogens with zero attached hydrogens (tertiary/aromatic N) is 3. The minimum atomic E-state index is -3.68. The summed E-state index contributed by atoms with van der Waals surface area (Å²) in [5, 5.41) is 5.70. The minimum absolute atomic E-state index is 0.125. The van der Waals surface area contributed by atoms with Gasteiger partial charge in [-0.05, 0) is 43.0 Å². The van der Waals surface area contributed by atoms with Crippen LogP contribution in [0.5, 0.6) is 5.75 Å². The Balaban J connectivity index is 1.53. The Kier molecular flexibility index (Phi) is 10.9. The Morgan fingerprint density at radius 3 is 2.65 bits per heavy atom. The third-order valence-corrected chi connectivity index (χ3v) is 8.77. The van der Waals surface area contributed by atoms with Gasteiger partial charge in [-0.3, -0.25) is 14.4 Å². The fourth-order valence-corrected chi connectivity index (χ4v) is 6.13. The van der Waals surface area contributed by atoms with Gasteiger partial charge in [0.15, 0.2) is 9.84 Å². The highest BCUT2D eigenvalue weighted by atomic mass is 32.2. The molecule has 230 valence electrons. The van der Waals surface area contributed by atoms with Gasteiger partial charge in [0.2, 0.25) is 17.7 Å². The molecular formula is C31H39N5O6S. The lowest BCUT2D eigenvalue weighted by atomic mass is 10.0. The number of benzene rings is 2. The third kappa shape index (κ3) is 9.15. The Morgan fingerprint density at radius 1 is 1.09 bits per heavy atom. The molecule has 0 spiro atoms. The maximum absolute atomic E-state index is 13.3. The van der Waals surface area contributed by atoms with Crippen molar-refractivity contribution in [1.82, 2.24) is 25.1 Å². The molecule has 12 heteroatoms. The van der Waals surface area contributed by atoms with Crippen molar-refractivity contribution in [2.45, 2.75) is 50.6 Å². The van der Waals surface area contributed by atoms with Gasteiger partial charge in [-0.1, -0.05) is 44.2 Å². The van der Waals surface area contributed by atoms with Crippen LogP contribution in [-0.4, -0.2) is 78.6 Å². The van der Waals surface area contributed by atoms with Crippen LogP contribution in [0.3, 0.4) is 0 Å². The predicted octanol–water partition coefficient (Wildman–Crippen LogP) is 2.67. The third-order valence-electron chi connectivity index (χ3n) is 7.03. The first-order valence-electron chi connectivity index (χ1n) is 14.5. The highest BCUT2D eigenvalue weighted by Crippen LogP contribution is 2.23. The molecule has 3 aromatic rings. The molecule has 2 heterocycles. The second kappa shape index (κ2) is 14.8. The van der Waals surface area contributed by atoms with E-state index >= 15 is 0 Å². The second-order valence-corrected chi connectivity index (χ2v) is 13.0. The number of rotatable bonds is 6. The lowest BCUT2D eigenvalue weighted by Gasteiger charge is -2.25. The first kappa shape index (κ1) is 31.7. The number of nitrogens with one attached hydrogen (secondary N) is 2. The van der Waals surface area contributed by atoms with Crippen LogP contribution in [-0.2, 0) is 30.8 Å². The SMILES string of the molecule is CC(C)C[C@H]1NC(=O)CN(C(=O)CCS(=O)(=O)c2ccccc2)CCCOc2cccc(c2)-c2nccn2CCNC1=O. The number of sulfone groups is 1. The van der Waals surface area contributed by atoms with Gasteiger partial charge in [-0.15, -0.1) is 0 Å². The smallest absolute Gasteiger partial charge is 0.242 e. The molecule has 1 aromatic heterocycles. The van der Waals surface area contributed by atoms with Gasteiger partial charge in [0, 0.05) is 44.0 Å². The summed E-state index contributed by atoms with van der Waals surface area (Å²) in [5.41, 5.74) is 0.858. The van der Waals surface area contributed by atoms with E-state index in [0.717, 1.165) is 11.4 Å². The van der Waals surface area contributed by atoms with Crippen molar-refractivity contribution in [3.8, 4) is 17.1 Å². The van der Waals surface area contributed by atoms with Gasteiger partial charge in [0.25, 0.3) is 0 Å². The maximum atomic E-state index is 13.3. The van der Waals surface area contributed by atoms with Gasteiger partial charge in [0.1, 0.15) is 17.6 Å². The van der Waals surface area contributed by atoms with Crippen LogP contribution >= 0.6 is 0 Å². The quantitative estimate of drug-likeness (QED) is 0.438. The summed E-state index contributed by atoms with van der Waals surface area (Å²) in [4.78, 5) is 45.5. The zero-order valence-electron chi connectivity index (χ0n) is 24.6. The zero-order chi connectivity index (χ0) is 30.8. The highest BCUT2D eigenvalue weighted by molar-refractivity contribution is 7.91. The maximum Gasteiger partial charge on any atom is 0.242 e. The van der Waals surface area contributed by atoms with E-state index in [4.69, 9.17) is 4.74 Å². The average molecular weight is 610 g/mol. The summed E-state index contributed by atoms with van der Waals surface area (Å²) in [5.74, 6) is -0.176. The van der Waals surface area contributed by atoms with Crippen molar-refractivity contribution in [2.75, 3.05) is 32.0 Å². The number of imidazole rings is 1. The minimum Gasteiger partial charge on any atom is -0.494 e. The van der Waals surface area contributed by atoms with Gasteiger partial charge < -0.3 is 24.8 Å². The van der Waals surface area contributed by atoms with Crippen molar-refractivity contribution in [3.63, 3.8) is 0 Å². The number of carbonyl (C=O) groups excluding carboxylic acids is 3. The van der Waals surface area contributed by atoms with Gasteiger partial charge >= 0.3 is 0 Å². The summed E-state index contributed by atoms with van der Waals surface area (Å²) in [6.07, 6.45) is 4.08. The number of ether oxygens (including phenoxy) is 1. The lowest BCUT2D eigenvalue weighted by molar-refractivity contribution is -0.137. The van der Waals surface area contributed by atoms with Crippen LogP contribution in [0, 0.1) is 5.92 Å². The first-order valence-corrected chi connectivity index (χ1v) is 16.1. The molecule has 43 heavy (non-hydrogen) atoms. The molecule has 11 nitrogen and oxygen atoms in total. The standard InChI is InChI=1S/C31H39N5O6S/c1-23(2)20-27-31(39)33-14-17-35-16-13-32-30(35)24-8-6-9-25(21-24)42-18-7-15-36(22-28(37)34-27)29(38)12-19-43(40,41)26-10-4-3-5-11-26/h3-6,8-11,13,16,21,23,27H,7,12,14-15,17-20,22H2,1-2H3,(H,33,39)(H,34,37)/t27-/m1/s1. The van der Waals surface area contributed by atoms with E-state index in [2.05, 4.69) is 15.6 Å². The Labute approximate surface area is 252 Å². The summed E-state index contributed by atoms with van der Waals surface area (Å²) in [6.45, 7) is 4.85. The van der Waals surface area contributed by atoms with E-state index in [9.17, 15) is 22.8 Å². The zero-order valence-corrected chi connectivity index (χ0v) is 25.4. The van der Waals surface area contributed by atoms with E-state index in [1.807, 2.05) is 48.9 Å². The van der Waals surface area contributed by atoms with Gasteiger partial charge in [0.05, 0.1) is 23.8 Å². The molecule has 0 fully saturated rings. The highest BCUT2D eigenvalue weighted by Gasteiger charge is 2.25. The molecule has 0 aliphatic carbocycles. The van der Waals surface area contributed by atoms with Crippen LogP contribution in [0.4, 0.5) is 0 Å². The summed E-state index contributed by atoms with van der Waals surface area (Å²) in [7, 11) is -3.68. The van der Waals surface area contributed by atoms with Gasteiger partial charge in [-0.25, -0.2) is 13.4 Å². The molecule has 4 rings (SSSR count). The molecule has 3 amide bonds. The van der Waals surface area contributed by atoms with Crippen molar-refractivity contribution >= 4 is 27.6 Å². The van der Waals surface area contributed by atoms with E-state index in [-0.39, 0.29) is 48.6 Å². The molecule has 2 N–H and O–H groups in total. The van der Waals surface area contributed by atoms with Crippen LogP contribution < -0.4 is 15.4 Å². The normalized spacial score (nSPS) is 17.2. The van der Waals surface area contributed by atoms with Crippen molar-refractivity contribution in [2.24, 2.45) is 5.92 Å². The molecule has 0 unspecified atom stereocenters. The van der Waals surface area contributed by atoms with Crippen LogP contribution in [0.15, 0.2) is 71.9 Å². The van der Waals surface area contributed by atoms with E-state index in [0.29, 0.717) is 31.7 Å². The molecule has 2 aromatic carbocycles. The second-order valence-electron chi connectivity index (χ2n) is 10.9. The molecule has 0 saturated heterocycles. The van der Waals surface area contributed by atoms with Crippen LogP contribution in [0.2, 0.25) is 0 Å². The predicted molar refractivity (Wildman–Crippen MR) is 162 cm³/mol. The molecular weight excluding hydrogens is 570 g/mol. The number of carbonyl (C=O) groups is 3. The number of hydrogen-bond acceptors (Lipinski definition) is 7. The number of amides is 3. The van der Waals surface area contributed by atoms with Gasteiger partial charge in [-0.2, -0.15) is 0 Å². The van der Waals surface area contributed by atoms with Crippen LogP contribution in [0.1, 0.15) is 33.1 Å². The molecule has 0 saturated carbocycles. The number of aromatic nitrogens is 2. The first-order chi connectivity index (χ1) is 20.6. The Hall–Kier alpha value is -4.19. The molecule has 1 aliphatic heterocycles. The molecule has 1 aliphatic rings. The lowest BCUT2D eigenvalue weighted by Crippen LogP contribution is -2.51. The fraction of sp³-hybridized carbons (Fsp3) is 0.419. The molecule has 0 radical (unpaired) electrons. The topological polar surface area (TPSA) is 140 Å². The molecule has 1 atom stereocenters. The molecule has 2 bridgehead atoms. The Bertz CT molecular complexity index is 1510. The number of fused-ring (bicyclic) bond motifs is 4. The summed E-state index contributed by atoms with van der Waals surface area (Å²) in [6, 6.07) is 14.7. The van der Waals surface area contributed by atoms with E-state index in [1.54, 1.807) is 24.4 Å². The van der Waals surface area contributed by atoms with Crippen molar-refractivity contribution in [3.05, 3.63) is 67.0 Å². The summed E-state index contributed by atoms with van der Waals surface area (Å²) >= 11 is 0. The monoisotopic (exact) mass is 609 g/mol. The van der Waals surface area contributed by atoms with Crippen LogP contribution in [0.25, 0.3) is 11.4 Å². The average Bonchev–Trinajstić information content (AvgIpc) is 3.45. The summed E-state index contributed by atoms with van der Waals surface area (Å²) < 4.78 is 33.5. The van der Waals surface area contributed by atoms with Crippen molar-refractivity contribution in [1.29, 1.82) is 0 Å². The Morgan fingerprint density at radius 2 is 1.88 bits per heavy atom. The van der Waals surface area contributed by atoms with Crippen molar-refractivity contribution < 1.29 is 27.5 Å². The largest absolute Gasteiger partial charge is 0.494 e. The fourth-order valence-electron chi connectivity index (χ4n) is 4.88. The van der Waals surface area contributed by atoms with E-state index < -0.39 is 27.7 Å². The van der Waals surface area contributed by atoms with E-state index in [1.165, 1.54) is 17.0 Å². The number of hydrogen-bond donors (Lipinski definition) is 2.